The van der Waals surface area contributed by atoms with Crippen molar-refractivity contribution in [1.82, 2.24) is 20.4 Å². The van der Waals surface area contributed by atoms with Gasteiger partial charge in [0.25, 0.3) is 0 Å². The summed E-state index contributed by atoms with van der Waals surface area (Å²) in [4.78, 5) is 47.9. The standard InChI is InChI=1S/C12H20N4O5/c1-9(17)15-3-2-4-16(6-5-15)12(21)14-7-10(18)13-8-11(19)20/h2-8H2,1H3,(H,13,18)(H,14,21)(H,19,20). The Labute approximate surface area is 122 Å². The van der Waals surface area contributed by atoms with Crippen molar-refractivity contribution in [2.45, 2.75) is 13.3 Å². The predicted octanol–water partition coefficient (Wildman–Crippen LogP) is -1.55. The van der Waals surface area contributed by atoms with Crippen molar-refractivity contribution < 1.29 is 24.3 Å². The van der Waals surface area contributed by atoms with E-state index >= 15 is 0 Å². The first-order chi connectivity index (χ1) is 9.90. The maximum atomic E-state index is 11.9. The zero-order valence-corrected chi connectivity index (χ0v) is 11.9. The molecule has 0 aromatic carbocycles. The van der Waals surface area contributed by atoms with Crippen molar-refractivity contribution in [1.29, 1.82) is 0 Å². The summed E-state index contributed by atoms with van der Waals surface area (Å²) in [5, 5.41) is 13.0. The Morgan fingerprint density at radius 3 is 2.19 bits per heavy atom. The zero-order valence-electron chi connectivity index (χ0n) is 11.9. The molecule has 0 aliphatic carbocycles. The lowest BCUT2D eigenvalue weighted by atomic mass is 10.4. The molecule has 0 atom stereocenters. The van der Waals surface area contributed by atoms with Gasteiger partial charge in [-0.25, -0.2) is 4.79 Å². The van der Waals surface area contributed by atoms with Gasteiger partial charge in [0, 0.05) is 33.1 Å². The number of rotatable bonds is 4. The smallest absolute Gasteiger partial charge is 0.322 e. The number of carbonyl (C=O) groups is 4. The molecule has 1 heterocycles. The van der Waals surface area contributed by atoms with Crippen LogP contribution in [-0.2, 0) is 14.4 Å². The second-order valence-electron chi connectivity index (χ2n) is 4.68. The Hall–Kier alpha value is -2.32. The van der Waals surface area contributed by atoms with Crippen molar-refractivity contribution in [3.05, 3.63) is 0 Å². The first-order valence-corrected chi connectivity index (χ1v) is 6.67. The van der Waals surface area contributed by atoms with Crippen LogP contribution in [0.25, 0.3) is 0 Å². The van der Waals surface area contributed by atoms with Crippen LogP contribution >= 0.6 is 0 Å². The number of urea groups is 1. The molecule has 1 fully saturated rings. The fourth-order valence-corrected chi connectivity index (χ4v) is 1.94. The van der Waals surface area contributed by atoms with E-state index in [0.29, 0.717) is 32.6 Å². The lowest BCUT2D eigenvalue weighted by molar-refractivity contribution is -0.137. The minimum atomic E-state index is -1.15. The summed E-state index contributed by atoms with van der Waals surface area (Å²) in [5.74, 6) is -1.73. The van der Waals surface area contributed by atoms with Gasteiger partial charge in [-0.15, -0.1) is 0 Å². The number of carboxylic acids is 1. The molecule has 118 valence electrons. The van der Waals surface area contributed by atoms with E-state index < -0.39 is 24.5 Å². The summed E-state index contributed by atoms with van der Waals surface area (Å²) in [6.45, 7) is 2.72. The number of nitrogens with zero attached hydrogens (tertiary/aromatic N) is 2. The van der Waals surface area contributed by atoms with Gasteiger partial charge in [0.05, 0.1) is 6.54 Å². The fourth-order valence-electron chi connectivity index (χ4n) is 1.94. The van der Waals surface area contributed by atoms with E-state index in [0.717, 1.165) is 0 Å². The molecule has 21 heavy (non-hydrogen) atoms. The van der Waals surface area contributed by atoms with E-state index in [1.165, 1.54) is 11.8 Å². The van der Waals surface area contributed by atoms with E-state index in [-0.39, 0.29) is 12.5 Å². The number of amides is 4. The monoisotopic (exact) mass is 300 g/mol. The second kappa shape index (κ2) is 8.08. The maximum absolute atomic E-state index is 11.9. The van der Waals surface area contributed by atoms with E-state index in [1.807, 2.05) is 0 Å². The number of carbonyl (C=O) groups excluding carboxylic acids is 3. The van der Waals surface area contributed by atoms with Crippen LogP contribution in [0.2, 0.25) is 0 Å². The highest BCUT2D eigenvalue weighted by molar-refractivity contribution is 5.86. The molecule has 4 amide bonds. The van der Waals surface area contributed by atoms with Gasteiger partial charge in [-0.1, -0.05) is 0 Å². The van der Waals surface area contributed by atoms with Gasteiger partial charge >= 0.3 is 12.0 Å². The Balaban J connectivity index is 2.33. The van der Waals surface area contributed by atoms with Gasteiger partial charge in [-0.3, -0.25) is 14.4 Å². The van der Waals surface area contributed by atoms with Crippen molar-refractivity contribution in [3.63, 3.8) is 0 Å². The minimum absolute atomic E-state index is 0.0229. The summed E-state index contributed by atoms with van der Waals surface area (Å²) < 4.78 is 0. The first kappa shape index (κ1) is 16.7. The molecule has 0 aromatic rings. The molecule has 3 N–H and O–H groups in total. The second-order valence-corrected chi connectivity index (χ2v) is 4.68. The van der Waals surface area contributed by atoms with Gasteiger partial charge in [-0.2, -0.15) is 0 Å². The topological polar surface area (TPSA) is 119 Å². The van der Waals surface area contributed by atoms with Crippen LogP contribution in [0, 0.1) is 0 Å². The van der Waals surface area contributed by atoms with Crippen LogP contribution in [0.15, 0.2) is 0 Å². The number of hydrogen-bond donors (Lipinski definition) is 3. The third kappa shape index (κ3) is 6.11. The molecule has 0 unspecified atom stereocenters. The van der Waals surface area contributed by atoms with Crippen LogP contribution in [0.4, 0.5) is 4.79 Å². The van der Waals surface area contributed by atoms with E-state index in [9.17, 15) is 19.2 Å². The normalized spacial score (nSPS) is 15.1. The SMILES string of the molecule is CC(=O)N1CCCN(C(=O)NCC(=O)NCC(=O)O)CC1. The third-order valence-electron chi connectivity index (χ3n) is 3.07. The van der Waals surface area contributed by atoms with E-state index in [1.54, 1.807) is 4.90 Å². The van der Waals surface area contributed by atoms with Crippen LogP contribution in [-0.4, -0.2) is 78.0 Å². The summed E-state index contributed by atoms with van der Waals surface area (Å²) >= 11 is 0. The van der Waals surface area contributed by atoms with Gasteiger partial charge in [0.2, 0.25) is 11.8 Å². The summed E-state index contributed by atoms with van der Waals surface area (Å²) in [6, 6.07) is -0.397. The largest absolute Gasteiger partial charge is 0.480 e. The van der Waals surface area contributed by atoms with E-state index in [4.69, 9.17) is 5.11 Å². The molecule has 9 heteroatoms. The zero-order chi connectivity index (χ0) is 15.8. The Morgan fingerprint density at radius 2 is 1.57 bits per heavy atom. The molecule has 0 radical (unpaired) electrons. The van der Waals surface area contributed by atoms with Crippen LogP contribution in [0.5, 0.6) is 0 Å². The van der Waals surface area contributed by atoms with Crippen molar-refractivity contribution in [2.75, 3.05) is 39.3 Å². The maximum Gasteiger partial charge on any atom is 0.322 e. The fraction of sp³-hybridized carbons (Fsp3) is 0.667. The molecule has 0 bridgehead atoms. The molecule has 0 saturated carbocycles. The minimum Gasteiger partial charge on any atom is -0.480 e. The van der Waals surface area contributed by atoms with Crippen molar-refractivity contribution >= 4 is 23.8 Å². The summed E-state index contributed by atoms with van der Waals surface area (Å²) in [6.07, 6.45) is 0.679. The lowest BCUT2D eigenvalue weighted by Gasteiger charge is -2.21. The molecular weight excluding hydrogens is 280 g/mol. The number of hydrogen-bond acceptors (Lipinski definition) is 4. The van der Waals surface area contributed by atoms with Gasteiger partial charge < -0.3 is 25.5 Å². The van der Waals surface area contributed by atoms with Gasteiger partial charge in [0.15, 0.2) is 0 Å². The van der Waals surface area contributed by atoms with Gasteiger partial charge in [0.1, 0.15) is 6.54 Å². The molecule has 1 saturated heterocycles. The third-order valence-corrected chi connectivity index (χ3v) is 3.07. The van der Waals surface area contributed by atoms with Crippen LogP contribution in [0.1, 0.15) is 13.3 Å². The summed E-state index contributed by atoms with van der Waals surface area (Å²) in [7, 11) is 0. The molecule has 0 spiro atoms. The van der Waals surface area contributed by atoms with Crippen LogP contribution in [0.3, 0.4) is 0 Å². The number of nitrogens with one attached hydrogen (secondary N) is 2. The Bertz CT molecular complexity index is 426. The molecule has 9 nitrogen and oxygen atoms in total. The first-order valence-electron chi connectivity index (χ1n) is 6.67. The summed E-state index contributed by atoms with van der Waals surface area (Å²) in [5.41, 5.74) is 0. The average Bonchev–Trinajstić information content (AvgIpc) is 2.68. The Kier molecular flexibility index (Phi) is 6.44. The molecular formula is C12H20N4O5. The van der Waals surface area contributed by atoms with E-state index in [2.05, 4.69) is 10.6 Å². The molecule has 1 aliphatic heterocycles. The van der Waals surface area contributed by atoms with Gasteiger partial charge in [-0.05, 0) is 6.42 Å². The Morgan fingerprint density at radius 1 is 0.952 bits per heavy atom. The lowest BCUT2D eigenvalue weighted by Crippen LogP contribution is -2.46. The van der Waals surface area contributed by atoms with Crippen molar-refractivity contribution in [3.8, 4) is 0 Å². The highest BCUT2D eigenvalue weighted by Crippen LogP contribution is 2.03. The number of carboxylic acid groups (broad SMARTS) is 1. The predicted molar refractivity (Wildman–Crippen MR) is 72.5 cm³/mol. The highest BCUT2D eigenvalue weighted by atomic mass is 16.4. The van der Waals surface area contributed by atoms with Crippen LogP contribution < -0.4 is 10.6 Å². The quantitative estimate of drug-likeness (QED) is 0.581. The molecule has 0 aromatic heterocycles. The number of aliphatic carboxylic acids is 1. The molecule has 1 rings (SSSR count). The average molecular weight is 300 g/mol. The van der Waals surface area contributed by atoms with Crippen molar-refractivity contribution in [2.24, 2.45) is 0 Å². The highest BCUT2D eigenvalue weighted by Gasteiger charge is 2.20. The molecule has 1 aliphatic rings.